The molecule has 166 valence electrons. The number of nitrogens with zero attached hydrogens (tertiary/aromatic N) is 2. The van der Waals surface area contributed by atoms with E-state index >= 15 is 0 Å². The molecule has 2 aliphatic heterocycles. The van der Waals surface area contributed by atoms with Crippen molar-refractivity contribution < 1.29 is 9.59 Å². The Morgan fingerprint density at radius 2 is 1.45 bits per heavy atom. The van der Waals surface area contributed by atoms with Gasteiger partial charge in [-0.1, -0.05) is 80.9 Å². The van der Waals surface area contributed by atoms with Crippen LogP contribution in [-0.2, 0) is 21.4 Å². The highest BCUT2D eigenvalue weighted by atomic mass is 16.2. The smallest absolute Gasteiger partial charge is 0.282 e. The van der Waals surface area contributed by atoms with Gasteiger partial charge in [-0.2, -0.15) is 0 Å². The number of rotatable bonds is 3. The lowest BCUT2D eigenvalue weighted by atomic mass is 9.87. The summed E-state index contributed by atoms with van der Waals surface area (Å²) in [5.41, 5.74) is 6.77. The van der Waals surface area contributed by atoms with Gasteiger partial charge in [-0.15, -0.1) is 0 Å². The van der Waals surface area contributed by atoms with Crippen molar-refractivity contribution in [1.82, 2.24) is 0 Å². The van der Waals surface area contributed by atoms with Crippen LogP contribution in [0.1, 0.15) is 43.0 Å². The van der Waals surface area contributed by atoms with E-state index in [-0.39, 0.29) is 17.2 Å². The molecule has 0 atom stereocenters. The first-order chi connectivity index (χ1) is 15.8. The van der Waals surface area contributed by atoms with Crippen LogP contribution in [0.2, 0.25) is 0 Å². The average Bonchev–Trinajstić information content (AvgIpc) is 3.32. The molecule has 3 aromatic carbocycles. The van der Waals surface area contributed by atoms with E-state index in [4.69, 9.17) is 0 Å². The number of aryl methyl sites for hydroxylation is 1. The van der Waals surface area contributed by atoms with Crippen molar-refractivity contribution in [3.63, 3.8) is 0 Å². The van der Waals surface area contributed by atoms with Crippen LogP contribution in [0.15, 0.2) is 78.5 Å². The molecule has 0 radical (unpaired) electrons. The number of imide groups is 1. The van der Waals surface area contributed by atoms with E-state index in [1.807, 2.05) is 78.6 Å². The van der Waals surface area contributed by atoms with E-state index in [0.717, 1.165) is 28.8 Å². The zero-order valence-corrected chi connectivity index (χ0v) is 19.6. The second kappa shape index (κ2) is 7.73. The number of para-hydroxylation sites is 1. The molecule has 4 heteroatoms. The topological polar surface area (TPSA) is 40.6 Å². The van der Waals surface area contributed by atoms with E-state index in [9.17, 15) is 9.59 Å². The molecule has 2 heterocycles. The molecule has 0 spiro atoms. The number of hydrogen-bond donors (Lipinski definition) is 0. The van der Waals surface area contributed by atoms with Gasteiger partial charge in [-0.25, -0.2) is 4.90 Å². The van der Waals surface area contributed by atoms with Crippen LogP contribution in [0, 0.1) is 6.92 Å². The van der Waals surface area contributed by atoms with Gasteiger partial charge >= 0.3 is 0 Å². The Kier molecular flexibility index (Phi) is 4.97. The van der Waals surface area contributed by atoms with E-state index in [2.05, 4.69) is 26.8 Å². The Balaban J connectivity index is 1.63. The van der Waals surface area contributed by atoms with Crippen molar-refractivity contribution in [3.8, 4) is 0 Å². The average molecular weight is 437 g/mol. The first kappa shape index (κ1) is 21.2. The molecular weight excluding hydrogens is 408 g/mol. The molecule has 0 saturated heterocycles. The van der Waals surface area contributed by atoms with Crippen LogP contribution < -0.4 is 9.80 Å². The number of hydrogen-bond acceptors (Lipinski definition) is 3. The predicted octanol–water partition coefficient (Wildman–Crippen LogP) is 5.64. The number of benzene rings is 3. The van der Waals surface area contributed by atoms with E-state index in [1.54, 1.807) is 0 Å². The van der Waals surface area contributed by atoms with Crippen molar-refractivity contribution >= 4 is 28.8 Å². The SMILES string of the molecule is Cc1ccc(C2=C(N3CCc4ccccc43)C(=O)N(c3ccc(C(C)(C)C)cc3)C2=O)cc1. The highest BCUT2D eigenvalue weighted by molar-refractivity contribution is 6.46. The summed E-state index contributed by atoms with van der Waals surface area (Å²) in [6.45, 7) is 9.14. The van der Waals surface area contributed by atoms with Crippen LogP contribution in [0.25, 0.3) is 5.57 Å². The Bertz CT molecular complexity index is 1280. The molecule has 33 heavy (non-hydrogen) atoms. The molecule has 2 amide bonds. The third-order valence-corrected chi connectivity index (χ3v) is 6.55. The van der Waals surface area contributed by atoms with Gasteiger partial charge in [0.15, 0.2) is 0 Å². The van der Waals surface area contributed by atoms with Crippen LogP contribution in [0.5, 0.6) is 0 Å². The fraction of sp³-hybridized carbons (Fsp3) is 0.241. The minimum Gasteiger partial charge on any atom is -0.336 e. The molecule has 0 saturated carbocycles. The number of fused-ring (bicyclic) bond motifs is 1. The molecule has 0 aromatic heterocycles. The lowest BCUT2D eigenvalue weighted by Gasteiger charge is -2.23. The summed E-state index contributed by atoms with van der Waals surface area (Å²) in [6.07, 6.45) is 0.850. The summed E-state index contributed by atoms with van der Waals surface area (Å²) in [4.78, 5) is 31.0. The maximum atomic E-state index is 13.9. The third-order valence-electron chi connectivity index (χ3n) is 6.55. The van der Waals surface area contributed by atoms with Gasteiger partial charge in [0.25, 0.3) is 11.8 Å². The normalized spacial score (nSPS) is 16.1. The highest BCUT2D eigenvalue weighted by Gasteiger charge is 2.44. The minimum absolute atomic E-state index is 0.00666. The zero-order chi connectivity index (χ0) is 23.3. The van der Waals surface area contributed by atoms with Gasteiger partial charge in [0.2, 0.25) is 0 Å². The fourth-order valence-corrected chi connectivity index (χ4v) is 4.66. The predicted molar refractivity (Wildman–Crippen MR) is 133 cm³/mol. The van der Waals surface area contributed by atoms with Crippen LogP contribution >= 0.6 is 0 Å². The molecule has 0 aliphatic carbocycles. The van der Waals surface area contributed by atoms with E-state index in [0.29, 0.717) is 23.5 Å². The number of amides is 2. The monoisotopic (exact) mass is 436 g/mol. The third kappa shape index (κ3) is 3.56. The van der Waals surface area contributed by atoms with Gasteiger partial charge in [-0.05, 0) is 53.6 Å². The number of anilines is 2. The number of carbonyl (C=O) groups is 2. The van der Waals surface area contributed by atoms with E-state index in [1.165, 1.54) is 10.5 Å². The van der Waals surface area contributed by atoms with Crippen LogP contribution in [0.3, 0.4) is 0 Å². The van der Waals surface area contributed by atoms with Gasteiger partial charge in [0, 0.05) is 12.2 Å². The van der Waals surface area contributed by atoms with E-state index < -0.39 is 0 Å². The quantitative estimate of drug-likeness (QED) is 0.499. The molecule has 4 nitrogen and oxygen atoms in total. The Hall–Kier alpha value is -3.66. The molecule has 2 aliphatic rings. The van der Waals surface area contributed by atoms with Gasteiger partial charge in [0.05, 0.1) is 11.3 Å². The molecule has 3 aromatic rings. The lowest BCUT2D eigenvalue weighted by Crippen LogP contribution is -2.35. The minimum atomic E-state index is -0.272. The Labute approximate surface area is 195 Å². The molecule has 0 fully saturated rings. The summed E-state index contributed by atoms with van der Waals surface area (Å²) >= 11 is 0. The molecule has 0 bridgehead atoms. The van der Waals surface area contributed by atoms with Crippen LogP contribution in [-0.4, -0.2) is 18.4 Å². The summed E-state index contributed by atoms with van der Waals surface area (Å²) in [5.74, 6) is -0.539. The maximum Gasteiger partial charge on any atom is 0.282 e. The van der Waals surface area contributed by atoms with Crippen molar-refractivity contribution in [1.29, 1.82) is 0 Å². The second-order valence-electron chi connectivity index (χ2n) is 9.86. The summed E-state index contributed by atoms with van der Waals surface area (Å²) in [5, 5.41) is 0. The highest BCUT2D eigenvalue weighted by Crippen LogP contribution is 2.40. The van der Waals surface area contributed by atoms with Crippen molar-refractivity contribution in [2.24, 2.45) is 0 Å². The molecule has 5 rings (SSSR count). The van der Waals surface area contributed by atoms with Gasteiger partial charge < -0.3 is 4.90 Å². The Morgan fingerprint density at radius 1 is 0.788 bits per heavy atom. The first-order valence-corrected chi connectivity index (χ1v) is 11.4. The van der Waals surface area contributed by atoms with Crippen molar-refractivity contribution in [2.75, 3.05) is 16.3 Å². The molecule has 0 unspecified atom stereocenters. The largest absolute Gasteiger partial charge is 0.336 e. The zero-order valence-electron chi connectivity index (χ0n) is 19.6. The summed E-state index contributed by atoms with van der Waals surface area (Å²) in [7, 11) is 0. The second-order valence-corrected chi connectivity index (χ2v) is 9.86. The summed E-state index contributed by atoms with van der Waals surface area (Å²) < 4.78 is 0. The number of carbonyl (C=O) groups excluding carboxylic acids is 2. The molecular formula is C29H28N2O2. The fourth-order valence-electron chi connectivity index (χ4n) is 4.66. The lowest BCUT2D eigenvalue weighted by molar-refractivity contribution is -0.120. The first-order valence-electron chi connectivity index (χ1n) is 11.4. The van der Waals surface area contributed by atoms with Crippen molar-refractivity contribution in [2.45, 2.75) is 39.5 Å². The standard InChI is InChI=1S/C29H28N2O2/c1-19-9-11-21(12-10-19)25-26(30-18-17-20-7-5-6-8-24(20)30)28(33)31(27(25)32)23-15-13-22(14-16-23)29(2,3)4/h5-16H,17-18H2,1-4H3. The van der Waals surface area contributed by atoms with Crippen molar-refractivity contribution in [3.05, 3.63) is 101 Å². The molecule has 0 N–H and O–H groups in total. The van der Waals surface area contributed by atoms with Gasteiger partial charge in [0.1, 0.15) is 5.70 Å². The Morgan fingerprint density at radius 3 is 2.12 bits per heavy atom. The summed E-state index contributed by atoms with van der Waals surface area (Å²) in [6, 6.07) is 23.7. The van der Waals surface area contributed by atoms with Crippen LogP contribution in [0.4, 0.5) is 11.4 Å². The maximum absolute atomic E-state index is 13.9. The van der Waals surface area contributed by atoms with Gasteiger partial charge in [-0.3, -0.25) is 9.59 Å².